The van der Waals surface area contributed by atoms with Gasteiger partial charge in [0.05, 0.1) is 27.7 Å². The zero-order chi connectivity index (χ0) is 22.7. The first-order valence-electron chi connectivity index (χ1n) is 10.2. The Bertz CT molecular complexity index is 1190. The van der Waals surface area contributed by atoms with Crippen molar-refractivity contribution >= 4 is 60.6 Å². The van der Waals surface area contributed by atoms with Gasteiger partial charge in [0, 0.05) is 21.0 Å². The second-order valence-electron chi connectivity index (χ2n) is 7.44. The van der Waals surface area contributed by atoms with Crippen LogP contribution in [0.4, 0.5) is 0 Å². The molecule has 0 radical (unpaired) electrons. The largest absolute Gasteiger partial charge is 0.489 e. The Morgan fingerprint density at radius 1 is 1.19 bits per heavy atom. The summed E-state index contributed by atoms with van der Waals surface area (Å²) in [5, 5.41) is 5.59. The molecule has 31 heavy (non-hydrogen) atoms. The molecule has 2 atom stereocenters. The Morgan fingerprint density at radius 2 is 1.94 bits per heavy atom. The van der Waals surface area contributed by atoms with Crippen LogP contribution < -0.4 is 10.3 Å². The highest BCUT2D eigenvalue weighted by atomic mass is 79.9. The highest BCUT2D eigenvalue weighted by molar-refractivity contribution is 9.10. The van der Waals surface area contributed by atoms with Crippen LogP contribution in [0.15, 0.2) is 49.2 Å². The van der Waals surface area contributed by atoms with E-state index >= 15 is 0 Å². The maximum absolute atomic E-state index is 13.3. The van der Waals surface area contributed by atoms with E-state index in [4.69, 9.17) is 21.3 Å². The van der Waals surface area contributed by atoms with Crippen molar-refractivity contribution in [2.45, 2.75) is 52.6 Å². The molecule has 3 rings (SSSR count). The first kappa shape index (κ1) is 24.0. The maximum atomic E-state index is 13.3. The van der Waals surface area contributed by atoms with E-state index in [1.807, 2.05) is 26.0 Å². The fraction of sp³-hybridized carbons (Fsp3) is 0.348. The van der Waals surface area contributed by atoms with E-state index in [9.17, 15) is 4.79 Å². The summed E-state index contributed by atoms with van der Waals surface area (Å²) >= 11 is 13.2. The average molecular weight is 570 g/mol. The number of hydrogen-bond donors (Lipinski definition) is 0. The third-order valence-electron chi connectivity index (χ3n) is 5.13. The summed E-state index contributed by atoms with van der Waals surface area (Å²) in [6.07, 6.45) is 3.30. The van der Waals surface area contributed by atoms with Crippen LogP contribution >= 0.6 is 43.5 Å². The van der Waals surface area contributed by atoms with Gasteiger partial charge in [-0.05, 0) is 66.0 Å². The Balaban J connectivity index is 2.19. The standard InChI is InChI=1S/C23H24Br2ClN3O2/c1-5-13(3)22-28-20-8-7-16(24)10-18(20)23(30)29(22)27-12-15-9-17(26)11-19(25)21(15)31-14(4)6-2/h7-14H,5-6H2,1-4H3/t13-,14-/m1/s1. The Morgan fingerprint density at radius 3 is 2.61 bits per heavy atom. The molecule has 0 spiro atoms. The van der Waals surface area contributed by atoms with Crippen LogP contribution in [-0.4, -0.2) is 22.0 Å². The predicted molar refractivity (Wildman–Crippen MR) is 135 cm³/mol. The molecule has 0 fully saturated rings. The fourth-order valence-electron chi connectivity index (χ4n) is 2.98. The molecule has 1 aromatic heterocycles. The van der Waals surface area contributed by atoms with E-state index in [2.05, 4.69) is 50.8 Å². The van der Waals surface area contributed by atoms with Gasteiger partial charge in [-0.25, -0.2) is 4.98 Å². The number of halogens is 3. The molecule has 0 bridgehead atoms. The molecule has 2 aromatic carbocycles. The predicted octanol–water partition coefficient (Wildman–Crippen LogP) is 7.15. The van der Waals surface area contributed by atoms with Gasteiger partial charge in [0.2, 0.25) is 0 Å². The molecule has 0 amide bonds. The lowest BCUT2D eigenvalue weighted by atomic mass is 10.1. The van der Waals surface area contributed by atoms with Gasteiger partial charge in [-0.2, -0.15) is 9.78 Å². The van der Waals surface area contributed by atoms with E-state index in [-0.39, 0.29) is 17.6 Å². The van der Waals surface area contributed by atoms with Crippen LogP contribution in [-0.2, 0) is 0 Å². The zero-order valence-electron chi connectivity index (χ0n) is 17.8. The molecule has 0 N–H and O–H groups in total. The molecule has 3 aromatic rings. The van der Waals surface area contributed by atoms with Crippen LogP contribution in [0.1, 0.15) is 57.8 Å². The summed E-state index contributed by atoms with van der Waals surface area (Å²) in [5.74, 6) is 1.31. The first-order valence-corrected chi connectivity index (χ1v) is 12.1. The van der Waals surface area contributed by atoms with E-state index in [0.29, 0.717) is 33.1 Å². The van der Waals surface area contributed by atoms with Crippen molar-refractivity contribution in [1.82, 2.24) is 9.66 Å². The third-order valence-corrected chi connectivity index (χ3v) is 6.43. The quantitative estimate of drug-likeness (QED) is 0.284. The SMILES string of the molecule is CC[C@@H](C)Oc1c(Br)cc(Cl)cc1C=Nn1c([C@H](C)CC)nc2ccc(Br)cc2c1=O. The smallest absolute Gasteiger partial charge is 0.282 e. The summed E-state index contributed by atoms with van der Waals surface area (Å²) in [6.45, 7) is 8.15. The number of fused-ring (bicyclic) bond motifs is 1. The minimum atomic E-state index is -0.219. The Labute approximate surface area is 203 Å². The lowest BCUT2D eigenvalue weighted by Gasteiger charge is -2.17. The fourth-order valence-corrected chi connectivity index (χ4v) is 4.27. The summed E-state index contributed by atoms with van der Waals surface area (Å²) < 4.78 is 9.00. The molecule has 1 heterocycles. The van der Waals surface area contributed by atoms with Gasteiger partial charge < -0.3 is 4.74 Å². The second kappa shape index (κ2) is 10.3. The van der Waals surface area contributed by atoms with Gasteiger partial charge in [0.1, 0.15) is 11.6 Å². The second-order valence-corrected chi connectivity index (χ2v) is 9.65. The third kappa shape index (κ3) is 5.38. The summed E-state index contributed by atoms with van der Waals surface area (Å²) in [4.78, 5) is 18.0. The molecular formula is C23H24Br2ClN3O2. The number of benzene rings is 2. The van der Waals surface area contributed by atoms with E-state index in [0.717, 1.165) is 21.8 Å². The molecule has 0 saturated carbocycles. The molecule has 8 heteroatoms. The molecule has 0 aliphatic heterocycles. The molecule has 0 unspecified atom stereocenters. The molecule has 164 valence electrons. The Kier molecular flexibility index (Phi) is 7.94. The highest BCUT2D eigenvalue weighted by Crippen LogP contribution is 2.33. The minimum absolute atomic E-state index is 0.0164. The van der Waals surface area contributed by atoms with Crippen molar-refractivity contribution < 1.29 is 4.74 Å². The van der Waals surface area contributed by atoms with Gasteiger partial charge >= 0.3 is 0 Å². The normalized spacial score (nSPS) is 13.6. The van der Waals surface area contributed by atoms with Crippen molar-refractivity contribution in [2.75, 3.05) is 0 Å². The summed E-state index contributed by atoms with van der Waals surface area (Å²) in [7, 11) is 0. The van der Waals surface area contributed by atoms with Crippen LogP contribution in [0, 0.1) is 0 Å². The zero-order valence-corrected chi connectivity index (χ0v) is 21.8. The lowest BCUT2D eigenvalue weighted by molar-refractivity contribution is 0.215. The Hall–Kier alpha value is -1.70. The number of rotatable bonds is 7. The topological polar surface area (TPSA) is 56.5 Å². The van der Waals surface area contributed by atoms with Crippen molar-refractivity contribution in [3.63, 3.8) is 0 Å². The van der Waals surface area contributed by atoms with Crippen molar-refractivity contribution in [3.05, 3.63) is 66.0 Å². The van der Waals surface area contributed by atoms with Crippen LogP contribution in [0.25, 0.3) is 10.9 Å². The summed E-state index contributed by atoms with van der Waals surface area (Å²) in [5.41, 5.74) is 1.11. The van der Waals surface area contributed by atoms with Crippen molar-refractivity contribution in [2.24, 2.45) is 5.10 Å². The summed E-state index contributed by atoms with van der Waals surface area (Å²) in [6, 6.07) is 9.04. The molecule has 0 aliphatic rings. The maximum Gasteiger partial charge on any atom is 0.282 e. The van der Waals surface area contributed by atoms with Gasteiger partial charge in [-0.15, -0.1) is 0 Å². The van der Waals surface area contributed by atoms with Crippen LogP contribution in [0.5, 0.6) is 5.75 Å². The molecule has 0 saturated heterocycles. The highest BCUT2D eigenvalue weighted by Gasteiger charge is 2.17. The first-order chi connectivity index (χ1) is 14.7. The average Bonchev–Trinajstić information content (AvgIpc) is 2.74. The number of hydrogen-bond acceptors (Lipinski definition) is 4. The van der Waals surface area contributed by atoms with Gasteiger partial charge in [-0.3, -0.25) is 4.79 Å². The van der Waals surface area contributed by atoms with Gasteiger partial charge in [0.25, 0.3) is 5.56 Å². The van der Waals surface area contributed by atoms with Crippen LogP contribution in [0.2, 0.25) is 5.02 Å². The van der Waals surface area contributed by atoms with E-state index in [1.54, 1.807) is 24.4 Å². The van der Waals surface area contributed by atoms with Crippen molar-refractivity contribution in [1.29, 1.82) is 0 Å². The molecular weight excluding hydrogens is 546 g/mol. The van der Waals surface area contributed by atoms with Gasteiger partial charge in [0.15, 0.2) is 0 Å². The van der Waals surface area contributed by atoms with E-state index in [1.165, 1.54) is 4.68 Å². The van der Waals surface area contributed by atoms with Crippen LogP contribution in [0.3, 0.4) is 0 Å². The number of aromatic nitrogens is 2. The molecule has 5 nitrogen and oxygen atoms in total. The number of nitrogens with zero attached hydrogens (tertiary/aromatic N) is 3. The monoisotopic (exact) mass is 567 g/mol. The number of ether oxygens (including phenoxy) is 1. The minimum Gasteiger partial charge on any atom is -0.489 e. The molecule has 0 aliphatic carbocycles. The lowest BCUT2D eigenvalue weighted by Crippen LogP contribution is -2.23. The van der Waals surface area contributed by atoms with Crippen molar-refractivity contribution in [3.8, 4) is 5.75 Å². The van der Waals surface area contributed by atoms with Gasteiger partial charge in [-0.1, -0.05) is 48.3 Å². The van der Waals surface area contributed by atoms with E-state index < -0.39 is 0 Å².